The number of alkyl halides is 3. The standard InChI is InChI=1S/C29H29F3N6O2S/c1-19-16-25(39-3)12-13-26(19)38-20(2)14-15-41-28(38)37-36-17-21-4-6-22(7-5-21)27(33)35-18-34-23-8-10-24(11-9-23)40-29(30,31)32/h4-13,16-18,20H,14-15H2,1-3H3,(H2,33,34,35)/b36-17-,37-28+. The zero-order valence-corrected chi connectivity index (χ0v) is 23.5. The van der Waals surface area contributed by atoms with E-state index in [1.54, 1.807) is 37.2 Å². The van der Waals surface area contributed by atoms with Gasteiger partial charge in [-0.25, -0.2) is 9.98 Å². The minimum atomic E-state index is -4.75. The highest BCUT2D eigenvalue weighted by atomic mass is 32.2. The van der Waals surface area contributed by atoms with Gasteiger partial charge in [-0.05, 0) is 73.9 Å². The Kier molecular flexibility index (Phi) is 9.66. The molecule has 8 nitrogen and oxygen atoms in total. The van der Waals surface area contributed by atoms with Crippen molar-refractivity contribution in [1.82, 2.24) is 0 Å². The number of nitrogens with zero attached hydrogens (tertiary/aromatic N) is 5. The summed E-state index contributed by atoms with van der Waals surface area (Å²) >= 11 is 1.67. The number of aliphatic imine (C=N–C) groups is 2. The van der Waals surface area contributed by atoms with Crippen molar-refractivity contribution >= 4 is 46.7 Å². The molecule has 12 heteroatoms. The van der Waals surface area contributed by atoms with Gasteiger partial charge in [-0.1, -0.05) is 36.0 Å². The van der Waals surface area contributed by atoms with Crippen molar-refractivity contribution in [3.8, 4) is 11.5 Å². The summed E-state index contributed by atoms with van der Waals surface area (Å²) in [6.45, 7) is 4.24. The molecule has 1 unspecified atom stereocenters. The minimum absolute atomic E-state index is 0.229. The Morgan fingerprint density at radius 3 is 2.41 bits per heavy atom. The van der Waals surface area contributed by atoms with Crippen LogP contribution in [0.4, 0.5) is 24.5 Å². The number of nitrogens with two attached hydrogens (primary N) is 1. The van der Waals surface area contributed by atoms with Crippen LogP contribution in [-0.4, -0.2) is 48.8 Å². The molecule has 1 aliphatic heterocycles. The lowest BCUT2D eigenvalue weighted by atomic mass is 10.1. The topological polar surface area (TPSA) is 97.2 Å². The number of amidine groups is 2. The molecule has 2 N–H and O–H groups in total. The summed E-state index contributed by atoms with van der Waals surface area (Å²) in [5.74, 6) is 1.68. The van der Waals surface area contributed by atoms with E-state index in [0.717, 1.165) is 39.9 Å². The first kappa shape index (κ1) is 29.7. The number of aryl methyl sites for hydroxylation is 1. The Labute approximate surface area is 240 Å². The lowest BCUT2D eigenvalue weighted by Gasteiger charge is -2.36. The van der Waals surface area contributed by atoms with E-state index >= 15 is 0 Å². The van der Waals surface area contributed by atoms with Crippen LogP contribution in [0.2, 0.25) is 0 Å². The predicted molar refractivity (Wildman–Crippen MR) is 160 cm³/mol. The average molecular weight is 583 g/mol. The van der Waals surface area contributed by atoms with Crippen molar-refractivity contribution in [2.24, 2.45) is 25.9 Å². The van der Waals surface area contributed by atoms with E-state index in [1.807, 2.05) is 24.3 Å². The summed E-state index contributed by atoms with van der Waals surface area (Å²) in [7, 11) is 1.66. The summed E-state index contributed by atoms with van der Waals surface area (Å²) < 4.78 is 46.0. The minimum Gasteiger partial charge on any atom is -0.497 e. The fourth-order valence-electron chi connectivity index (χ4n) is 4.00. The van der Waals surface area contributed by atoms with Gasteiger partial charge in [0.2, 0.25) is 0 Å². The summed E-state index contributed by atoms with van der Waals surface area (Å²) in [5, 5.41) is 9.71. The van der Waals surface area contributed by atoms with E-state index < -0.39 is 6.36 Å². The molecule has 1 fully saturated rings. The zero-order chi connectivity index (χ0) is 29.4. The van der Waals surface area contributed by atoms with Gasteiger partial charge in [-0.2, -0.15) is 5.10 Å². The van der Waals surface area contributed by atoms with E-state index in [2.05, 4.69) is 49.7 Å². The van der Waals surface area contributed by atoms with Gasteiger partial charge in [-0.15, -0.1) is 18.3 Å². The molecule has 214 valence electrons. The molecule has 0 spiro atoms. The number of rotatable bonds is 8. The highest BCUT2D eigenvalue weighted by Gasteiger charge is 2.31. The Morgan fingerprint density at radius 1 is 1.05 bits per heavy atom. The van der Waals surface area contributed by atoms with Gasteiger partial charge < -0.3 is 20.1 Å². The van der Waals surface area contributed by atoms with E-state index in [1.165, 1.54) is 30.6 Å². The van der Waals surface area contributed by atoms with Crippen molar-refractivity contribution in [2.45, 2.75) is 32.7 Å². The molecule has 0 aliphatic carbocycles. The normalized spacial score (nSPS) is 17.5. The molecule has 0 radical (unpaired) electrons. The molecule has 0 bridgehead atoms. The molecule has 4 rings (SSSR count). The van der Waals surface area contributed by atoms with Crippen LogP contribution in [0.1, 0.15) is 30.0 Å². The monoisotopic (exact) mass is 582 g/mol. The predicted octanol–water partition coefficient (Wildman–Crippen LogP) is 6.69. The molecule has 0 amide bonds. The number of halogens is 3. The lowest BCUT2D eigenvalue weighted by Crippen LogP contribution is -2.41. The number of hydrogen-bond acceptors (Lipinski definition) is 6. The third-order valence-corrected chi connectivity index (χ3v) is 7.08. The molecule has 3 aromatic rings. The fraction of sp³-hybridized carbons (Fsp3) is 0.241. The number of methoxy groups -OCH3 is 1. The number of anilines is 1. The second-order valence-electron chi connectivity index (χ2n) is 9.06. The van der Waals surface area contributed by atoms with Crippen LogP contribution in [0.3, 0.4) is 0 Å². The SMILES string of the molecule is COc1ccc(N2/C(=N\N=C/c3ccc(C(N)=NC=Nc4ccc(OC(F)(F)F)cc4)cc3)SCCC2C)c(C)c1. The smallest absolute Gasteiger partial charge is 0.497 e. The summed E-state index contributed by atoms with van der Waals surface area (Å²) in [4.78, 5) is 10.4. The average Bonchev–Trinajstić information content (AvgIpc) is 2.94. The van der Waals surface area contributed by atoms with Gasteiger partial charge in [0.15, 0.2) is 5.17 Å². The van der Waals surface area contributed by atoms with Crippen molar-refractivity contribution in [3.63, 3.8) is 0 Å². The van der Waals surface area contributed by atoms with Gasteiger partial charge >= 0.3 is 6.36 Å². The zero-order valence-electron chi connectivity index (χ0n) is 22.7. The van der Waals surface area contributed by atoms with Crippen LogP contribution >= 0.6 is 11.8 Å². The third-order valence-electron chi connectivity index (χ3n) is 6.11. The van der Waals surface area contributed by atoms with E-state index in [0.29, 0.717) is 11.3 Å². The maximum absolute atomic E-state index is 12.3. The molecule has 0 saturated carbocycles. The first-order valence-electron chi connectivity index (χ1n) is 12.6. The van der Waals surface area contributed by atoms with Crippen LogP contribution in [-0.2, 0) is 0 Å². The quantitative estimate of drug-likeness (QED) is 0.181. The Bertz CT molecular complexity index is 1450. The van der Waals surface area contributed by atoms with Gasteiger partial charge in [-0.3, -0.25) is 0 Å². The summed E-state index contributed by atoms with van der Waals surface area (Å²) in [6, 6.07) is 18.7. The molecule has 1 atom stereocenters. The van der Waals surface area contributed by atoms with Crippen molar-refractivity contribution in [3.05, 3.63) is 83.4 Å². The largest absolute Gasteiger partial charge is 0.573 e. The van der Waals surface area contributed by atoms with Gasteiger partial charge in [0.25, 0.3) is 0 Å². The molecule has 0 aromatic heterocycles. The lowest BCUT2D eigenvalue weighted by molar-refractivity contribution is -0.274. The van der Waals surface area contributed by atoms with Crippen LogP contribution < -0.4 is 20.1 Å². The first-order chi connectivity index (χ1) is 19.6. The number of thioether (sulfide) groups is 1. The van der Waals surface area contributed by atoms with Crippen LogP contribution in [0, 0.1) is 6.92 Å². The molecule has 1 saturated heterocycles. The molecule has 1 heterocycles. The second-order valence-corrected chi connectivity index (χ2v) is 10.1. The van der Waals surface area contributed by atoms with E-state index in [4.69, 9.17) is 10.5 Å². The fourth-order valence-corrected chi connectivity index (χ4v) is 5.17. The van der Waals surface area contributed by atoms with Crippen molar-refractivity contribution < 1.29 is 22.6 Å². The molecule has 41 heavy (non-hydrogen) atoms. The van der Waals surface area contributed by atoms with Gasteiger partial charge in [0, 0.05) is 23.0 Å². The molecular formula is C29H29F3N6O2S. The van der Waals surface area contributed by atoms with Gasteiger partial charge in [0.1, 0.15) is 23.7 Å². The van der Waals surface area contributed by atoms with Crippen LogP contribution in [0.5, 0.6) is 11.5 Å². The van der Waals surface area contributed by atoms with Crippen LogP contribution in [0.25, 0.3) is 0 Å². The Hall–Kier alpha value is -4.32. The second kappa shape index (κ2) is 13.4. The first-order valence-corrected chi connectivity index (χ1v) is 13.6. The van der Waals surface area contributed by atoms with E-state index in [-0.39, 0.29) is 17.6 Å². The third kappa shape index (κ3) is 8.34. The maximum atomic E-state index is 12.3. The van der Waals surface area contributed by atoms with Gasteiger partial charge in [0.05, 0.1) is 19.0 Å². The highest BCUT2D eigenvalue weighted by Crippen LogP contribution is 2.33. The molecule has 3 aromatic carbocycles. The number of hydrogen-bond donors (Lipinski definition) is 1. The number of benzene rings is 3. The summed E-state index contributed by atoms with van der Waals surface area (Å²) in [6.07, 6.45) is -0.794. The maximum Gasteiger partial charge on any atom is 0.573 e. The molecule has 1 aliphatic rings. The van der Waals surface area contributed by atoms with Crippen LogP contribution in [0.15, 0.2) is 86.9 Å². The molecular weight excluding hydrogens is 553 g/mol. The van der Waals surface area contributed by atoms with Crippen molar-refractivity contribution in [2.75, 3.05) is 17.8 Å². The van der Waals surface area contributed by atoms with Crippen molar-refractivity contribution in [1.29, 1.82) is 0 Å². The summed E-state index contributed by atoms with van der Waals surface area (Å²) in [5.41, 5.74) is 10.1. The Balaban J connectivity index is 1.40. The number of ether oxygens (including phenoxy) is 2. The highest BCUT2D eigenvalue weighted by molar-refractivity contribution is 8.14. The Morgan fingerprint density at radius 2 is 1.76 bits per heavy atom. The van der Waals surface area contributed by atoms with E-state index in [9.17, 15) is 13.2 Å².